The number of nitrogens with zero attached hydrogens (tertiary/aromatic N) is 3. The van der Waals surface area contributed by atoms with Crippen molar-refractivity contribution in [2.75, 3.05) is 23.3 Å². The zero-order chi connectivity index (χ0) is 25.8. The zero-order valence-electron chi connectivity index (χ0n) is 20.5. The molecule has 0 bridgehead atoms. The summed E-state index contributed by atoms with van der Waals surface area (Å²) in [5, 5.41) is 7.34. The molecule has 1 saturated heterocycles. The van der Waals surface area contributed by atoms with Gasteiger partial charge in [-0.15, -0.1) is 0 Å². The molecule has 0 amide bonds. The predicted molar refractivity (Wildman–Crippen MR) is 137 cm³/mol. The zero-order valence-corrected chi connectivity index (χ0v) is 20.5. The molecule has 1 aliphatic carbocycles. The number of piperidine rings is 1. The van der Waals surface area contributed by atoms with Gasteiger partial charge in [0.2, 0.25) is 5.95 Å². The van der Waals surface area contributed by atoms with E-state index in [1.165, 1.54) is 6.07 Å². The van der Waals surface area contributed by atoms with Gasteiger partial charge in [0.25, 0.3) is 0 Å². The van der Waals surface area contributed by atoms with E-state index in [0.29, 0.717) is 24.7 Å². The molecule has 196 valence electrons. The topological polar surface area (TPSA) is 53.1 Å². The van der Waals surface area contributed by atoms with Crippen LogP contribution in [0.25, 0.3) is 11.3 Å². The number of anilines is 2. The summed E-state index contributed by atoms with van der Waals surface area (Å²) in [5.74, 6) is -0.625. The molecule has 5 rings (SSSR count). The Kier molecular flexibility index (Phi) is 7.60. The molecule has 1 aromatic heterocycles. The molecular weight excluding hydrogens is 482 g/mol. The quantitative estimate of drug-likeness (QED) is 0.380. The lowest BCUT2D eigenvalue weighted by atomic mass is 9.89. The van der Waals surface area contributed by atoms with Crippen molar-refractivity contribution in [3.63, 3.8) is 0 Å². The Bertz CT molecular complexity index is 1190. The molecule has 0 spiro atoms. The molecule has 2 heterocycles. The molecule has 9 heteroatoms. The fourth-order valence-electron chi connectivity index (χ4n) is 5.45. The molecule has 3 aromatic rings. The number of benzene rings is 2. The smallest absolute Gasteiger partial charge is 0.370 e. The minimum absolute atomic E-state index is 0.156. The maximum Gasteiger partial charge on any atom is 0.419 e. The van der Waals surface area contributed by atoms with Crippen molar-refractivity contribution in [3.05, 3.63) is 72.2 Å². The van der Waals surface area contributed by atoms with Crippen LogP contribution in [-0.4, -0.2) is 41.2 Å². The number of rotatable bonds is 6. The Morgan fingerprint density at radius 1 is 0.892 bits per heavy atom. The van der Waals surface area contributed by atoms with Crippen LogP contribution < -0.4 is 15.5 Å². The molecule has 1 aliphatic heterocycles. The molecule has 1 unspecified atom stereocenters. The molecule has 3 atom stereocenters. The average molecular weight is 514 g/mol. The number of nitrogens with one attached hydrogen (secondary N) is 2. The summed E-state index contributed by atoms with van der Waals surface area (Å²) in [6.45, 7) is 1.31. The standard InChI is InChI=1S/C28H31F4N5/c29-23-17-21(12-13-22(23)28(30,31)32)37-16-6-9-20(18-37)34-25-10-4-5-11-26(25)36-27-33-15-14-24(35-27)19-7-2-1-3-8-19/h1-3,7-8,12-15,17,20,25-26,34H,4-6,9-11,16,18H2,(H,33,35,36)/t20-,25?,26+/m0/s1. The second-order valence-electron chi connectivity index (χ2n) is 9.89. The lowest BCUT2D eigenvalue weighted by Crippen LogP contribution is -2.55. The summed E-state index contributed by atoms with van der Waals surface area (Å²) in [6, 6.07) is 15.6. The maximum absolute atomic E-state index is 14.2. The Balaban J connectivity index is 1.24. The van der Waals surface area contributed by atoms with Gasteiger partial charge in [0.05, 0.1) is 11.3 Å². The number of hydrogen-bond donors (Lipinski definition) is 2. The van der Waals surface area contributed by atoms with Crippen molar-refractivity contribution in [2.45, 2.75) is 62.8 Å². The minimum atomic E-state index is -4.69. The molecule has 0 radical (unpaired) electrons. The summed E-state index contributed by atoms with van der Waals surface area (Å²) in [7, 11) is 0. The van der Waals surface area contributed by atoms with Gasteiger partial charge in [-0.1, -0.05) is 43.2 Å². The van der Waals surface area contributed by atoms with E-state index >= 15 is 0 Å². The molecule has 2 aromatic carbocycles. The molecule has 1 saturated carbocycles. The highest BCUT2D eigenvalue weighted by Gasteiger charge is 2.35. The Morgan fingerprint density at radius 3 is 2.43 bits per heavy atom. The number of halogens is 4. The van der Waals surface area contributed by atoms with Gasteiger partial charge < -0.3 is 15.5 Å². The van der Waals surface area contributed by atoms with Crippen LogP contribution in [0.15, 0.2) is 60.8 Å². The molecule has 37 heavy (non-hydrogen) atoms. The molecule has 2 aliphatic rings. The van der Waals surface area contributed by atoms with E-state index in [4.69, 9.17) is 4.98 Å². The predicted octanol–water partition coefficient (Wildman–Crippen LogP) is 6.28. The third-order valence-corrected chi connectivity index (χ3v) is 7.30. The van der Waals surface area contributed by atoms with E-state index in [0.717, 1.165) is 61.9 Å². The van der Waals surface area contributed by atoms with Crippen LogP contribution in [0.1, 0.15) is 44.1 Å². The normalized spacial score (nSPS) is 22.6. The van der Waals surface area contributed by atoms with E-state index in [9.17, 15) is 17.6 Å². The highest BCUT2D eigenvalue weighted by molar-refractivity contribution is 5.59. The van der Waals surface area contributed by atoms with Gasteiger partial charge in [0.1, 0.15) is 5.82 Å². The highest BCUT2D eigenvalue weighted by Crippen LogP contribution is 2.34. The van der Waals surface area contributed by atoms with Gasteiger partial charge in [-0.3, -0.25) is 0 Å². The van der Waals surface area contributed by atoms with Gasteiger partial charge in [0, 0.05) is 48.7 Å². The number of alkyl halides is 3. The van der Waals surface area contributed by atoms with Crippen molar-refractivity contribution in [1.82, 2.24) is 15.3 Å². The van der Waals surface area contributed by atoms with Crippen LogP contribution in [-0.2, 0) is 6.18 Å². The SMILES string of the molecule is Fc1cc(N2CCC[C@H](NC3CCCC[C@H]3Nc3nccc(-c4ccccc4)n3)C2)ccc1C(F)(F)F. The van der Waals surface area contributed by atoms with E-state index in [1.807, 2.05) is 41.3 Å². The number of aromatic nitrogens is 2. The minimum Gasteiger partial charge on any atom is -0.370 e. The summed E-state index contributed by atoms with van der Waals surface area (Å²) in [5.41, 5.74) is 1.16. The summed E-state index contributed by atoms with van der Waals surface area (Å²) >= 11 is 0. The van der Waals surface area contributed by atoms with Gasteiger partial charge in [-0.05, 0) is 49.9 Å². The molecule has 2 fully saturated rings. The first-order valence-corrected chi connectivity index (χ1v) is 12.9. The van der Waals surface area contributed by atoms with Crippen molar-refractivity contribution < 1.29 is 17.6 Å². The van der Waals surface area contributed by atoms with Crippen LogP contribution in [0, 0.1) is 5.82 Å². The summed E-state index contributed by atoms with van der Waals surface area (Å²) in [4.78, 5) is 11.2. The fraction of sp³-hybridized carbons (Fsp3) is 0.429. The molecular formula is C28H31F4N5. The second-order valence-corrected chi connectivity index (χ2v) is 9.89. The van der Waals surface area contributed by atoms with Crippen molar-refractivity contribution >= 4 is 11.6 Å². The summed E-state index contributed by atoms with van der Waals surface area (Å²) < 4.78 is 53.1. The van der Waals surface area contributed by atoms with Crippen LogP contribution in [0.4, 0.5) is 29.2 Å². The molecule has 5 nitrogen and oxygen atoms in total. The van der Waals surface area contributed by atoms with E-state index in [-0.39, 0.29) is 18.1 Å². The Morgan fingerprint density at radius 2 is 1.68 bits per heavy atom. The van der Waals surface area contributed by atoms with Gasteiger partial charge in [0.15, 0.2) is 0 Å². The Labute approximate surface area is 214 Å². The lowest BCUT2D eigenvalue weighted by Gasteiger charge is -2.40. The Hall–Kier alpha value is -3.20. The van der Waals surface area contributed by atoms with Gasteiger partial charge >= 0.3 is 6.18 Å². The average Bonchev–Trinajstić information content (AvgIpc) is 2.90. The first-order chi connectivity index (χ1) is 17.9. The van der Waals surface area contributed by atoms with E-state index < -0.39 is 17.6 Å². The second kappa shape index (κ2) is 11.0. The lowest BCUT2D eigenvalue weighted by molar-refractivity contribution is -0.139. The third-order valence-electron chi connectivity index (χ3n) is 7.30. The maximum atomic E-state index is 14.2. The molecule has 2 N–H and O–H groups in total. The van der Waals surface area contributed by atoms with E-state index in [2.05, 4.69) is 15.6 Å². The van der Waals surface area contributed by atoms with Crippen LogP contribution >= 0.6 is 0 Å². The summed E-state index contributed by atoms with van der Waals surface area (Å²) in [6.07, 6.45) is 3.18. The van der Waals surface area contributed by atoms with Crippen molar-refractivity contribution in [2.24, 2.45) is 0 Å². The van der Waals surface area contributed by atoms with Crippen LogP contribution in [0.5, 0.6) is 0 Å². The monoisotopic (exact) mass is 513 g/mol. The third kappa shape index (κ3) is 6.21. The van der Waals surface area contributed by atoms with E-state index in [1.54, 1.807) is 6.20 Å². The van der Waals surface area contributed by atoms with Gasteiger partial charge in [-0.25, -0.2) is 14.4 Å². The largest absolute Gasteiger partial charge is 0.419 e. The fourth-order valence-corrected chi connectivity index (χ4v) is 5.45. The number of hydrogen-bond acceptors (Lipinski definition) is 5. The van der Waals surface area contributed by atoms with Crippen LogP contribution in [0.2, 0.25) is 0 Å². The first kappa shape index (κ1) is 25.4. The van der Waals surface area contributed by atoms with Crippen molar-refractivity contribution in [3.8, 4) is 11.3 Å². The van der Waals surface area contributed by atoms with Gasteiger partial charge in [-0.2, -0.15) is 13.2 Å². The van der Waals surface area contributed by atoms with Crippen molar-refractivity contribution in [1.29, 1.82) is 0 Å². The highest BCUT2D eigenvalue weighted by atomic mass is 19.4. The first-order valence-electron chi connectivity index (χ1n) is 12.9. The van der Waals surface area contributed by atoms with Crippen LogP contribution in [0.3, 0.4) is 0 Å².